The standard InChI is InChI=1S/C24H32N4O2/c1-17-6-4-5-14-28(17)15-13-23(29)26-16-19-7-9-20(10-8-19)22-12-11-21(18(2)27-22)24(30)25-3/h7-12,17H,4-6,13-16H2,1-3H3,(H,25,30)(H,26,29). The molecule has 2 heterocycles. The van der Waals surface area contributed by atoms with Crippen LogP contribution in [-0.2, 0) is 11.3 Å². The second-order valence-electron chi connectivity index (χ2n) is 8.01. The molecule has 2 N–H and O–H groups in total. The molecular formula is C24H32N4O2. The topological polar surface area (TPSA) is 74.3 Å². The molecule has 0 aliphatic carbocycles. The minimum atomic E-state index is -0.132. The number of pyridine rings is 1. The Morgan fingerprint density at radius 2 is 1.90 bits per heavy atom. The number of nitrogens with zero attached hydrogens (tertiary/aromatic N) is 2. The van der Waals surface area contributed by atoms with E-state index < -0.39 is 0 Å². The fraction of sp³-hybridized carbons (Fsp3) is 0.458. The van der Waals surface area contributed by atoms with Crippen LogP contribution in [0.4, 0.5) is 0 Å². The molecule has 1 unspecified atom stereocenters. The van der Waals surface area contributed by atoms with Gasteiger partial charge in [0.15, 0.2) is 0 Å². The van der Waals surface area contributed by atoms with Crippen LogP contribution in [0.5, 0.6) is 0 Å². The van der Waals surface area contributed by atoms with Crippen LogP contribution in [0.1, 0.15) is 54.2 Å². The lowest BCUT2D eigenvalue weighted by Gasteiger charge is -2.33. The summed E-state index contributed by atoms with van der Waals surface area (Å²) in [5, 5.41) is 5.65. The zero-order valence-electron chi connectivity index (χ0n) is 18.2. The maximum Gasteiger partial charge on any atom is 0.252 e. The molecule has 3 rings (SSSR count). The van der Waals surface area contributed by atoms with E-state index in [0.717, 1.165) is 29.9 Å². The van der Waals surface area contributed by atoms with Crippen molar-refractivity contribution in [3.63, 3.8) is 0 Å². The summed E-state index contributed by atoms with van der Waals surface area (Å²) in [5.74, 6) is -0.0358. The lowest BCUT2D eigenvalue weighted by atomic mass is 10.0. The Morgan fingerprint density at radius 3 is 2.57 bits per heavy atom. The van der Waals surface area contributed by atoms with Gasteiger partial charge in [0.2, 0.25) is 5.91 Å². The van der Waals surface area contributed by atoms with Crippen LogP contribution in [0.25, 0.3) is 11.3 Å². The largest absolute Gasteiger partial charge is 0.355 e. The fourth-order valence-corrected chi connectivity index (χ4v) is 3.91. The van der Waals surface area contributed by atoms with E-state index in [4.69, 9.17) is 0 Å². The Morgan fingerprint density at radius 1 is 1.13 bits per heavy atom. The highest BCUT2D eigenvalue weighted by Gasteiger charge is 2.18. The van der Waals surface area contributed by atoms with E-state index in [-0.39, 0.29) is 11.8 Å². The minimum Gasteiger partial charge on any atom is -0.355 e. The number of hydrogen-bond acceptors (Lipinski definition) is 4. The first-order valence-corrected chi connectivity index (χ1v) is 10.8. The van der Waals surface area contributed by atoms with Crippen molar-refractivity contribution in [1.29, 1.82) is 0 Å². The third kappa shape index (κ3) is 5.66. The lowest BCUT2D eigenvalue weighted by Crippen LogP contribution is -2.39. The Hall–Kier alpha value is -2.73. The number of piperidine rings is 1. The predicted molar refractivity (Wildman–Crippen MR) is 119 cm³/mol. The fourth-order valence-electron chi connectivity index (χ4n) is 3.91. The molecule has 0 bridgehead atoms. The molecule has 1 fully saturated rings. The van der Waals surface area contributed by atoms with Crippen LogP contribution in [0.3, 0.4) is 0 Å². The van der Waals surface area contributed by atoms with Crippen molar-refractivity contribution in [2.24, 2.45) is 0 Å². The van der Waals surface area contributed by atoms with Crippen molar-refractivity contribution in [3.8, 4) is 11.3 Å². The molecule has 0 radical (unpaired) electrons. The second kappa shape index (κ2) is 10.3. The molecule has 0 spiro atoms. The van der Waals surface area contributed by atoms with Gasteiger partial charge < -0.3 is 15.5 Å². The average Bonchev–Trinajstić information content (AvgIpc) is 2.77. The van der Waals surface area contributed by atoms with E-state index in [1.807, 2.05) is 37.3 Å². The van der Waals surface area contributed by atoms with Crippen molar-refractivity contribution < 1.29 is 9.59 Å². The van der Waals surface area contributed by atoms with Gasteiger partial charge in [-0.25, -0.2) is 0 Å². The molecule has 0 saturated carbocycles. The molecule has 160 valence electrons. The van der Waals surface area contributed by atoms with E-state index >= 15 is 0 Å². The first kappa shape index (κ1) is 22.0. The summed E-state index contributed by atoms with van der Waals surface area (Å²) in [7, 11) is 1.61. The van der Waals surface area contributed by atoms with Crippen molar-refractivity contribution in [2.75, 3.05) is 20.1 Å². The molecular weight excluding hydrogens is 376 g/mol. The monoisotopic (exact) mass is 408 g/mol. The Balaban J connectivity index is 1.51. The highest BCUT2D eigenvalue weighted by molar-refractivity contribution is 5.95. The number of rotatable bonds is 7. The van der Waals surface area contributed by atoms with Crippen LogP contribution in [0.2, 0.25) is 0 Å². The summed E-state index contributed by atoms with van der Waals surface area (Å²) in [5.41, 5.74) is 4.14. The van der Waals surface area contributed by atoms with E-state index in [0.29, 0.717) is 30.3 Å². The molecule has 1 aromatic heterocycles. The van der Waals surface area contributed by atoms with E-state index in [9.17, 15) is 9.59 Å². The van der Waals surface area contributed by atoms with Crippen molar-refractivity contribution in [1.82, 2.24) is 20.5 Å². The summed E-state index contributed by atoms with van der Waals surface area (Å²) >= 11 is 0. The van der Waals surface area contributed by atoms with Crippen molar-refractivity contribution in [3.05, 3.63) is 53.2 Å². The van der Waals surface area contributed by atoms with Gasteiger partial charge in [-0.05, 0) is 50.9 Å². The maximum atomic E-state index is 12.2. The van der Waals surface area contributed by atoms with E-state index in [2.05, 4.69) is 27.4 Å². The molecule has 1 aliphatic rings. The van der Waals surface area contributed by atoms with Crippen molar-refractivity contribution >= 4 is 11.8 Å². The zero-order chi connectivity index (χ0) is 21.5. The van der Waals surface area contributed by atoms with Crippen LogP contribution >= 0.6 is 0 Å². The molecule has 1 aliphatic heterocycles. The second-order valence-corrected chi connectivity index (χ2v) is 8.01. The summed E-state index contributed by atoms with van der Waals surface area (Å²) < 4.78 is 0. The number of aryl methyl sites for hydroxylation is 1. The van der Waals surface area contributed by atoms with Gasteiger partial charge in [0, 0.05) is 38.2 Å². The first-order chi connectivity index (χ1) is 14.5. The molecule has 1 saturated heterocycles. The quantitative estimate of drug-likeness (QED) is 0.737. The van der Waals surface area contributed by atoms with Gasteiger partial charge in [0.25, 0.3) is 5.91 Å². The maximum absolute atomic E-state index is 12.2. The molecule has 6 nitrogen and oxygen atoms in total. The molecule has 30 heavy (non-hydrogen) atoms. The molecule has 2 aromatic rings. The number of benzene rings is 1. The van der Waals surface area contributed by atoms with Gasteiger partial charge in [-0.3, -0.25) is 14.6 Å². The van der Waals surface area contributed by atoms with E-state index in [1.54, 1.807) is 13.1 Å². The summed E-state index contributed by atoms with van der Waals surface area (Å²) in [6.07, 6.45) is 4.31. The summed E-state index contributed by atoms with van der Waals surface area (Å²) in [6.45, 7) is 6.55. The normalized spacial score (nSPS) is 16.8. The lowest BCUT2D eigenvalue weighted by molar-refractivity contribution is -0.121. The van der Waals surface area contributed by atoms with E-state index in [1.165, 1.54) is 19.3 Å². The van der Waals surface area contributed by atoms with Gasteiger partial charge in [0.05, 0.1) is 17.0 Å². The number of amides is 2. The molecule has 2 amide bonds. The Bertz CT molecular complexity index is 879. The van der Waals surface area contributed by atoms with Crippen LogP contribution in [-0.4, -0.2) is 47.9 Å². The van der Waals surface area contributed by atoms with Crippen molar-refractivity contribution in [2.45, 2.75) is 52.1 Å². The number of likely N-dealkylation sites (tertiary alicyclic amines) is 1. The zero-order valence-corrected chi connectivity index (χ0v) is 18.2. The third-order valence-electron chi connectivity index (χ3n) is 5.86. The molecule has 1 aromatic carbocycles. The highest BCUT2D eigenvalue weighted by atomic mass is 16.2. The van der Waals surface area contributed by atoms with Gasteiger partial charge in [-0.15, -0.1) is 0 Å². The molecule has 6 heteroatoms. The Labute approximate surface area is 179 Å². The van der Waals surface area contributed by atoms with Gasteiger partial charge in [-0.1, -0.05) is 30.7 Å². The highest BCUT2D eigenvalue weighted by Crippen LogP contribution is 2.20. The predicted octanol–water partition coefficient (Wildman–Crippen LogP) is 3.30. The number of hydrogen-bond donors (Lipinski definition) is 2. The SMILES string of the molecule is CNC(=O)c1ccc(-c2ccc(CNC(=O)CCN3CCCCC3C)cc2)nc1C. The minimum absolute atomic E-state index is 0.0962. The van der Waals surface area contributed by atoms with Gasteiger partial charge >= 0.3 is 0 Å². The third-order valence-corrected chi connectivity index (χ3v) is 5.86. The smallest absolute Gasteiger partial charge is 0.252 e. The number of carbonyl (C=O) groups is 2. The number of aromatic nitrogens is 1. The summed E-state index contributed by atoms with van der Waals surface area (Å²) in [6, 6.07) is 12.2. The molecule has 1 atom stereocenters. The average molecular weight is 409 g/mol. The van der Waals surface area contributed by atoms with Gasteiger partial charge in [-0.2, -0.15) is 0 Å². The van der Waals surface area contributed by atoms with Crippen LogP contribution in [0, 0.1) is 6.92 Å². The summed E-state index contributed by atoms with van der Waals surface area (Å²) in [4.78, 5) is 31.0. The number of nitrogens with one attached hydrogen (secondary N) is 2. The van der Waals surface area contributed by atoms with Crippen LogP contribution < -0.4 is 10.6 Å². The number of carbonyl (C=O) groups excluding carboxylic acids is 2. The van der Waals surface area contributed by atoms with Crippen LogP contribution in [0.15, 0.2) is 36.4 Å². The van der Waals surface area contributed by atoms with Gasteiger partial charge in [0.1, 0.15) is 0 Å². The Kier molecular flexibility index (Phi) is 7.57. The first-order valence-electron chi connectivity index (χ1n) is 10.8.